The number of carbonyl (C=O) groups is 5. The van der Waals surface area contributed by atoms with Gasteiger partial charge in [-0.05, 0) is 29.6 Å². The summed E-state index contributed by atoms with van der Waals surface area (Å²) in [5, 5.41) is 4.94. The van der Waals surface area contributed by atoms with Crippen molar-refractivity contribution in [2.75, 3.05) is 19.6 Å². The summed E-state index contributed by atoms with van der Waals surface area (Å²) in [5.41, 5.74) is -0.615. The van der Waals surface area contributed by atoms with Gasteiger partial charge in [-0.25, -0.2) is 9.40 Å². The lowest BCUT2D eigenvalue weighted by Crippen LogP contribution is -2.61. The molecular formula is C23H32ClF4N5O5. The number of likely N-dealkylation sites (tertiary alicyclic amines) is 1. The number of halogens is 5. The molecule has 1 saturated carbocycles. The summed E-state index contributed by atoms with van der Waals surface area (Å²) < 4.78 is 52.6. The summed E-state index contributed by atoms with van der Waals surface area (Å²) in [5.74, 6) is -7.68. The smallest absolute Gasteiger partial charge is 0.356 e. The number of carbonyl (C=O) groups excluding carboxylic acids is 5. The van der Waals surface area contributed by atoms with E-state index in [0.29, 0.717) is 18.0 Å². The van der Waals surface area contributed by atoms with E-state index in [4.69, 9.17) is 11.6 Å². The van der Waals surface area contributed by atoms with Crippen LogP contribution in [-0.4, -0.2) is 83.0 Å². The van der Waals surface area contributed by atoms with Gasteiger partial charge in [-0.2, -0.15) is 13.2 Å². The zero-order valence-corrected chi connectivity index (χ0v) is 22.2. The van der Waals surface area contributed by atoms with Gasteiger partial charge in [-0.3, -0.25) is 29.4 Å². The van der Waals surface area contributed by atoms with E-state index in [-0.39, 0.29) is 31.3 Å². The van der Waals surface area contributed by atoms with Crippen LogP contribution in [0.2, 0.25) is 0 Å². The van der Waals surface area contributed by atoms with Crippen LogP contribution in [0.5, 0.6) is 0 Å². The first-order valence-corrected chi connectivity index (χ1v) is 12.8. The lowest BCUT2D eigenvalue weighted by atomic mass is 9.95. The van der Waals surface area contributed by atoms with E-state index in [0.717, 1.165) is 4.90 Å². The minimum atomic E-state index is -5.21. The highest BCUT2D eigenvalue weighted by molar-refractivity contribution is 6.29. The summed E-state index contributed by atoms with van der Waals surface area (Å²) in [7, 11) is 0. The molecule has 0 bridgehead atoms. The Labute approximate surface area is 222 Å². The Kier molecular flexibility index (Phi) is 8.54. The molecule has 7 atom stereocenters. The monoisotopic (exact) mass is 569 g/mol. The highest BCUT2D eigenvalue weighted by atomic mass is 35.5. The molecular weight excluding hydrogens is 538 g/mol. The van der Waals surface area contributed by atoms with Gasteiger partial charge in [0.15, 0.2) is 0 Å². The average molecular weight is 570 g/mol. The highest BCUT2D eigenvalue weighted by Crippen LogP contribution is 2.65. The molecule has 0 aromatic heterocycles. The van der Waals surface area contributed by atoms with Crippen LogP contribution in [0.4, 0.5) is 17.6 Å². The van der Waals surface area contributed by atoms with Crippen LogP contribution in [0.15, 0.2) is 0 Å². The Bertz CT molecular complexity index is 994. The molecule has 10 nitrogen and oxygen atoms in total. The fourth-order valence-electron chi connectivity index (χ4n) is 5.45. The molecule has 2 saturated heterocycles. The van der Waals surface area contributed by atoms with E-state index in [1.165, 1.54) is 6.92 Å². The van der Waals surface area contributed by atoms with Gasteiger partial charge < -0.3 is 15.5 Å². The predicted octanol–water partition coefficient (Wildman–Crippen LogP) is 1.09. The van der Waals surface area contributed by atoms with E-state index in [1.54, 1.807) is 12.2 Å². The minimum Gasteiger partial charge on any atom is -0.356 e. The van der Waals surface area contributed by atoms with Gasteiger partial charge in [0.2, 0.25) is 11.8 Å². The van der Waals surface area contributed by atoms with Crippen LogP contribution in [0.25, 0.3) is 0 Å². The summed E-state index contributed by atoms with van der Waals surface area (Å²) in [4.78, 5) is 64.2. The van der Waals surface area contributed by atoms with Crippen molar-refractivity contribution in [3.8, 4) is 0 Å². The number of rotatable bonds is 8. The molecule has 214 valence electrons. The zero-order chi connectivity index (χ0) is 28.7. The number of piperidine rings is 1. The summed E-state index contributed by atoms with van der Waals surface area (Å²) in [6.07, 6.45) is -4.62. The molecule has 2 aliphatic heterocycles. The van der Waals surface area contributed by atoms with Gasteiger partial charge in [-0.15, -0.1) is 0 Å². The fourth-order valence-corrected chi connectivity index (χ4v) is 5.56. The Balaban J connectivity index is 1.86. The third-order valence-corrected chi connectivity index (χ3v) is 8.23. The molecule has 1 aliphatic carbocycles. The van der Waals surface area contributed by atoms with Crippen molar-refractivity contribution in [1.82, 2.24) is 26.0 Å². The van der Waals surface area contributed by atoms with E-state index in [2.05, 4.69) is 10.7 Å². The third kappa shape index (κ3) is 5.84. The average Bonchev–Trinajstić information content (AvgIpc) is 3.19. The van der Waals surface area contributed by atoms with Crippen molar-refractivity contribution in [3.63, 3.8) is 0 Å². The predicted molar refractivity (Wildman–Crippen MR) is 125 cm³/mol. The second kappa shape index (κ2) is 10.9. The Hall–Kier alpha value is -2.64. The second-order valence-electron chi connectivity index (χ2n) is 10.7. The van der Waals surface area contributed by atoms with E-state index < -0.39 is 70.7 Å². The molecule has 2 heterocycles. The maximum atomic E-state index is 13.7. The van der Waals surface area contributed by atoms with Crippen molar-refractivity contribution >= 4 is 41.1 Å². The summed E-state index contributed by atoms with van der Waals surface area (Å²) in [6.45, 7) is 6.89. The molecule has 3 N–H and O–H groups in total. The number of nitrogens with one attached hydrogen (secondary N) is 3. The van der Waals surface area contributed by atoms with Crippen LogP contribution in [0.1, 0.15) is 40.5 Å². The SMILES string of the molecule is CCC(C)C(NC(=O)C(F)(F)F)C(=O)N1C[C@H]2[C@@H]([C@H]1C(=O)NN(C[C@@H]1CCNC1=O)C(=O)C(F)Cl)C2(C)C. The van der Waals surface area contributed by atoms with Gasteiger partial charge in [0, 0.05) is 13.1 Å². The van der Waals surface area contributed by atoms with Crippen LogP contribution < -0.4 is 16.1 Å². The maximum absolute atomic E-state index is 13.7. The molecule has 0 aromatic rings. The summed E-state index contributed by atoms with van der Waals surface area (Å²) in [6, 6.07) is -2.76. The lowest BCUT2D eigenvalue weighted by molar-refractivity contribution is -0.175. The highest BCUT2D eigenvalue weighted by Gasteiger charge is 2.70. The largest absolute Gasteiger partial charge is 0.471 e. The Morgan fingerprint density at radius 2 is 1.89 bits per heavy atom. The van der Waals surface area contributed by atoms with Gasteiger partial charge in [0.05, 0.1) is 12.5 Å². The first kappa shape index (κ1) is 29.9. The number of amides is 5. The molecule has 38 heavy (non-hydrogen) atoms. The molecule has 3 rings (SSSR count). The van der Waals surface area contributed by atoms with E-state index >= 15 is 0 Å². The number of hydrazine groups is 1. The van der Waals surface area contributed by atoms with Gasteiger partial charge in [-0.1, -0.05) is 45.7 Å². The van der Waals surface area contributed by atoms with E-state index in [1.807, 2.05) is 13.8 Å². The molecule has 3 fully saturated rings. The normalized spacial score (nSPS) is 28.0. The fraction of sp³-hybridized carbons (Fsp3) is 0.783. The molecule has 0 spiro atoms. The number of nitrogens with zero attached hydrogens (tertiary/aromatic N) is 2. The topological polar surface area (TPSA) is 128 Å². The molecule has 0 aromatic carbocycles. The minimum absolute atomic E-state index is 0.0453. The molecule has 0 radical (unpaired) electrons. The number of fused-ring (bicyclic) bond motifs is 1. The maximum Gasteiger partial charge on any atom is 0.471 e. The standard InChI is InChI=1S/C23H32ClF4N5O5/c1-5-10(2)14(30-21(38)23(26,27)28)19(36)32-9-12-13(22(12,3)4)15(32)18(35)31-33(20(37)16(24)25)8-11-6-7-29-17(11)34/h10-16H,5-9H2,1-4H3,(H,29,34)(H,30,38)(H,31,35)/t10?,11-,12-,13-,14?,15-,16?/m0/s1. The van der Waals surface area contributed by atoms with Crippen molar-refractivity contribution < 1.29 is 41.5 Å². The van der Waals surface area contributed by atoms with Gasteiger partial charge in [0.25, 0.3) is 17.4 Å². The van der Waals surface area contributed by atoms with Crippen LogP contribution in [0.3, 0.4) is 0 Å². The molecule has 3 unspecified atom stereocenters. The molecule has 3 aliphatic rings. The molecule has 15 heteroatoms. The second-order valence-corrected chi connectivity index (χ2v) is 11.1. The zero-order valence-electron chi connectivity index (χ0n) is 21.4. The quantitative estimate of drug-likeness (QED) is 0.229. The first-order chi connectivity index (χ1) is 17.5. The summed E-state index contributed by atoms with van der Waals surface area (Å²) >= 11 is 5.32. The number of hydrogen-bond donors (Lipinski definition) is 3. The Morgan fingerprint density at radius 1 is 1.26 bits per heavy atom. The van der Waals surface area contributed by atoms with Crippen molar-refractivity contribution in [1.29, 1.82) is 0 Å². The van der Waals surface area contributed by atoms with Crippen LogP contribution in [0, 0.1) is 29.1 Å². The number of alkyl halides is 5. The van der Waals surface area contributed by atoms with Gasteiger partial charge >= 0.3 is 12.1 Å². The number of hydrogen-bond acceptors (Lipinski definition) is 5. The van der Waals surface area contributed by atoms with Crippen molar-refractivity contribution in [2.45, 2.75) is 64.4 Å². The lowest BCUT2D eigenvalue weighted by Gasteiger charge is -2.36. The Morgan fingerprint density at radius 3 is 2.39 bits per heavy atom. The third-order valence-electron chi connectivity index (χ3n) is 8.05. The van der Waals surface area contributed by atoms with Crippen molar-refractivity contribution in [3.05, 3.63) is 0 Å². The van der Waals surface area contributed by atoms with Gasteiger partial charge in [0.1, 0.15) is 12.1 Å². The molecule has 5 amide bonds. The van der Waals surface area contributed by atoms with Crippen LogP contribution >= 0.6 is 11.6 Å². The van der Waals surface area contributed by atoms with Crippen LogP contribution in [-0.2, 0) is 24.0 Å². The van der Waals surface area contributed by atoms with Crippen molar-refractivity contribution in [2.24, 2.45) is 29.1 Å². The van der Waals surface area contributed by atoms with E-state index in [9.17, 15) is 41.5 Å². The first-order valence-electron chi connectivity index (χ1n) is 12.4.